The highest BCUT2D eigenvalue weighted by atomic mass is 16.7. The van der Waals surface area contributed by atoms with Crippen LogP contribution in [0.25, 0.3) is 10.8 Å². The number of phenolic OH excluding ortho intramolecular Hbond substituents is 1. The molecule has 0 radical (unpaired) electrons. The monoisotopic (exact) mass is 498 g/mol. The summed E-state index contributed by atoms with van der Waals surface area (Å²) in [4.78, 5) is 24.9. The zero-order valence-corrected chi connectivity index (χ0v) is 20.6. The third kappa shape index (κ3) is 3.94. The minimum atomic E-state index is -1.02. The zero-order chi connectivity index (χ0) is 26.0. The van der Waals surface area contributed by atoms with Gasteiger partial charge in [0.05, 0.1) is 0 Å². The highest BCUT2D eigenvalue weighted by molar-refractivity contribution is 6.03. The maximum Gasteiger partial charge on any atom is 0.274 e. The van der Waals surface area contributed by atoms with E-state index in [0.29, 0.717) is 5.56 Å². The van der Waals surface area contributed by atoms with E-state index in [2.05, 4.69) is 4.99 Å². The number of rotatable bonds is 6. The summed E-state index contributed by atoms with van der Waals surface area (Å²) >= 11 is 0. The number of fused-ring (bicyclic) bond motifs is 1. The molecule has 0 spiro atoms. The molecular formula is C33H26N2O3. The van der Waals surface area contributed by atoms with Gasteiger partial charge < -0.3 is 5.11 Å². The summed E-state index contributed by atoms with van der Waals surface area (Å²) in [5.41, 5.74) is 2.27. The van der Waals surface area contributed by atoms with E-state index < -0.39 is 11.6 Å². The van der Waals surface area contributed by atoms with Crippen molar-refractivity contribution in [3.63, 3.8) is 0 Å². The van der Waals surface area contributed by atoms with Gasteiger partial charge in [0.1, 0.15) is 17.9 Å². The minimum Gasteiger partial charge on any atom is -0.507 e. The van der Waals surface area contributed by atoms with Crippen molar-refractivity contribution in [1.82, 2.24) is 5.06 Å². The molecule has 1 aliphatic heterocycles. The number of aromatic hydroxyl groups is 1. The van der Waals surface area contributed by atoms with Crippen LogP contribution in [0.15, 0.2) is 132 Å². The van der Waals surface area contributed by atoms with Crippen LogP contribution in [0.3, 0.4) is 0 Å². The van der Waals surface area contributed by atoms with Gasteiger partial charge in [-0.1, -0.05) is 121 Å². The van der Waals surface area contributed by atoms with Gasteiger partial charge in [0.2, 0.25) is 0 Å². The van der Waals surface area contributed by atoms with E-state index in [-0.39, 0.29) is 18.3 Å². The van der Waals surface area contributed by atoms with Crippen LogP contribution < -0.4 is 0 Å². The van der Waals surface area contributed by atoms with Crippen molar-refractivity contribution < 1.29 is 14.7 Å². The van der Waals surface area contributed by atoms with Crippen molar-refractivity contribution >= 4 is 22.9 Å². The first-order valence-electron chi connectivity index (χ1n) is 12.6. The number of benzene rings is 5. The van der Waals surface area contributed by atoms with Crippen LogP contribution in [0.2, 0.25) is 0 Å². The Bertz CT molecular complexity index is 1500. The number of amides is 1. The van der Waals surface area contributed by atoms with Crippen molar-refractivity contribution in [2.24, 2.45) is 4.99 Å². The Hall–Kier alpha value is -4.74. The van der Waals surface area contributed by atoms with E-state index >= 15 is 0 Å². The van der Waals surface area contributed by atoms with Gasteiger partial charge in [-0.05, 0) is 33.5 Å². The van der Waals surface area contributed by atoms with E-state index in [1.54, 1.807) is 12.3 Å². The van der Waals surface area contributed by atoms with E-state index in [1.807, 2.05) is 121 Å². The lowest BCUT2D eigenvalue weighted by Gasteiger charge is -2.41. The number of hydrogen-bond donors (Lipinski definition) is 1. The summed E-state index contributed by atoms with van der Waals surface area (Å²) in [6, 6.07) is 40.3. The number of hydroxylamine groups is 2. The average Bonchev–Trinajstić information content (AvgIpc) is 3.35. The zero-order valence-electron chi connectivity index (χ0n) is 20.6. The summed E-state index contributed by atoms with van der Waals surface area (Å²) in [7, 11) is 0. The normalized spacial score (nSPS) is 15.9. The maximum absolute atomic E-state index is 14.1. The van der Waals surface area contributed by atoms with Gasteiger partial charge in [-0.15, -0.1) is 0 Å². The molecule has 1 atom stereocenters. The largest absolute Gasteiger partial charge is 0.507 e. The van der Waals surface area contributed by atoms with Crippen molar-refractivity contribution in [3.05, 3.63) is 150 Å². The van der Waals surface area contributed by atoms with Crippen LogP contribution in [-0.2, 0) is 15.2 Å². The standard InChI is InChI=1S/C33H26N2O3/c36-31-21-20-24-12-10-11-19-28(24)29(31)22-34-30-23-38-35(32(30)37)33(25-13-4-1-5-14-25,26-15-6-2-7-16-26)27-17-8-3-9-18-27/h1-22,30,36H,23H2/t30-/m0/s1. The lowest BCUT2D eigenvalue weighted by molar-refractivity contribution is -0.183. The topological polar surface area (TPSA) is 62.1 Å². The second-order valence-corrected chi connectivity index (χ2v) is 9.25. The van der Waals surface area contributed by atoms with Gasteiger partial charge in [-0.2, -0.15) is 5.06 Å². The average molecular weight is 499 g/mol. The van der Waals surface area contributed by atoms with E-state index in [4.69, 9.17) is 4.84 Å². The fraction of sp³-hybridized carbons (Fsp3) is 0.0909. The summed E-state index contributed by atoms with van der Waals surface area (Å²) in [6.07, 6.45) is 1.59. The van der Waals surface area contributed by atoms with Crippen LogP contribution in [0, 0.1) is 0 Å². The molecular weight excluding hydrogens is 472 g/mol. The molecule has 1 heterocycles. The molecule has 1 N–H and O–H groups in total. The predicted octanol–water partition coefficient (Wildman–Crippen LogP) is 6.10. The molecule has 5 heteroatoms. The van der Waals surface area contributed by atoms with Crippen LogP contribution in [0.4, 0.5) is 0 Å². The van der Waals surface area contributed by atoms with Gasteiger partial charge >= 0.3 is 0 Å². The maximum atomic E-state index is 14.1. The molecule has 5 nitrogen and oxygen atoms in total. The van der Waals surface area contributed by atoms with Crippen molar-refractivity contribution in [3.8, 4) is 5.75 Å². The van der Waals surface area contributed by atoms with E-state index in [9.17, 15) is 9.90 Å². The molecule has 1 saturated heterocycles. The van der Waals surface area contributed by atoms with Crippen molar-refractivity contribution in [2.75, 3.05) is 6.61 Å². The molecule has 0 aromatic heterocycles. The van der Waals surface area contributed by atoms with E-state index in [1.165, 1.54) is 5.06 Å². The molecule has 186 valence electrons. The molecule has 0 bridgehead atoms. The van der Waals surface area contributed by atoms with Crippen molar-refractivity contribution in [1.29, 1.82) is 0 Å². The van der Waals surface area contributed by atoms with Gasteiger partial charge in [-0.3, -0.25) is 14.6 Å². The number of hydrogen-bond acceptors (Lipinski definition) is 4. The Balaban J connectivity index is 1.46. The summed E-state index contributed by atoms with van der Waals surface area (Å²) in [5, 5.41) is 13.9. The first-order chi connectivity index (χ1) is 18.7. The number of carbonyl (C=O) groups excluding carboxylic acids is 1. The Morgan fingerprint density at radius 1 is 0.737 bits per heavy atom. The van der Waals surface area contributed by atoms with E-state index in [0.717, 1.165) is 27.5 Å². The number of nitrogens with zero attached hydrogens (tertiary/aromatic N) is 2. The number of phenols is 1. The minimum absolute atomic E-state index is 0.0924. The van der Waals surface area contributed by atoms with Gasteiger partial charge in [0, 0.05) is 11.8 Å². The molecule has 1 amide bonds. The summed E-state index contributed by atoms with van der Waals surface area (Å²) in [6.45, 7) is 0.0924. The quantitative estimate of drug-likeness (QED) is 0.227. The predicted molar refractivity (Wildman–Crippen MR) is 149 cm³/mol. The fourth-order valence-electron chi connectivity index (χ4n) is 5.26. The summed E-state index contributed by atoms with van der Waals surface area (Å²) in [5.74, 6) is -0.139. The van der Waals surface area contributed by atoms with Crippen molar-refractivity contribution in [2.45, 2.75) is 11.6 Å². The van der Waals surface area contributed by atoms with Crippen LogP contribution in [0.1, 0.15) is 22.3 Å². The summed E-state index contributed by atoms with van der Waals surface area (Å²) < 4.78 is 0. The lowest BCUT2D eigenvalue weighted by atomic mass is 9.76. The highest BCUT2D eigenvalue weighted by Gasteiger charge is 2.50. The molecule has 1 aliphatic rings. The SMILES string of the molecule is O=C1[C@@H](N=Cc2c(O)ccc3ccccc23)CON1C(c1ccccc1)(c1ccccc1)c1ccccc1. The Morgan fingerprint density at radius 3 is 1.84 bits per heavy atom. The molecule has 38 heavy (non-hydrogen) atoms. The third-order valence-electron chi connectivity index (χ3n) is 7.06. The highest BCUT2D eigenvalue weighted by Crippen LogP contribution is 2.44. The van der Waals surface area contributed by atoms with Crippen LogP contribution in [-0.4, -0.2) is 34.9 Å². The van der Waals surface area contributed by atoms with Crippen LogP contribution in [0.5, 0.6) is 5.75 Å². The second-order valence-electron chi connectivity index (χ2n) is 9.25. The molecule has 1 fully saturated rings. The van der Waals surface area contributed by atoms with Crippen LogP contribution >= 0.6 is 0 Å². The molecule has 5 aromatic carbocycles. The number of carbonyl (C=O) groups is 1. The second kappa shape index (κ2) is 9.96. The number of aliphatic imine (C=N–C) groups is 1. The lowest BCUT2D eigenvalue weighted by Crippen LogP contribution is -2.49. The van der Waals surface area contributed by atoms with Gasteiger partial charge in [-0.25, -0.2) is 0 Å². The Labute approximate surface area is 221 Å². The van der Waals surface area contributed by atoms with Gasteiger partial charge in [0.25, 0.3) is 5.91 Å². The molecule has 0 aliphatic carbocycles. The first-order valence-corrected chi connectivity index (χ1v) is 12.6. The smallest absolute Gasteiger partial charge is 0.274 e. The Morgan fingerprint density at radius 2 is 1.26 bits per heavy atom. The molecule has 5 aromatic rings. The molecule has 0 saturated carbocycles. The Kier molecular flexibility index (Phi) is 6.20. The molecule has 0 unspecified atom stereocenters. The first kappa shape index (κ1) is 23.6. The van der Waals surface area contributed by atoms with Gasteiger partial charge in [0.15, 0.2) is 6.04 Å². The fourth-order valence-corrected chi connectivity index (χ4v) is 5.26. The molecule has 6 rings (SSSR count). The third-order valence-corrected chi connectivity index (χ3v) is 7.06.